The standard InChI is InChI=1S/C24H29ClO5/c1-6-24(5,22(27)29-16-28-21(26)23(2,3)4)30-20-13-9-18(10-14-20)15-17-7-11-19(25)12-8-17/h7-14H,6,15-16H2,1-5H3. The maximum atomic E-state index is 12.5. The fourth-order valence-corrected chi connectivity index (χ4v) is 2.66. The molecule has 0 fully saturated rings. The van der Waals surface area contributed by atoms with E-state index in [0.717, 1.165) is 17.5 Å². The lowest BCUT2D eigenvalue weighted by atomic mass is 9.98. The van der Waals surface area contributed by atoms with Gasteiger partial charge in [0.25, 0.3) is 0 Å². The number of halogens is 1. The van der Waals surface area contributed by atoms with E-state index in [1.165, 1.54) is 0 Å². The van der Waals surface area contributed by atoms with Crippen LogP contribution in [0.3, 0.4) is 0 Å². The van der Waals surface area contributed by atoms with Crippen LogP contribution < -0.4 is 4.74 Å². The summed E-state index contributed by atoms with van der Waals surface area (Å²) in [5.74, 6) is -0.467. The van der Waals surface area contributed by atoms with Gasteiger partial charge in [0, 0.05) is 5.02 Å². The highest BCUT2D eigenvalue weighted by Gasteiger charge is 2.36. The molecule has 0 aliphatic rings. The van der Waals surface area contributed by atoms with Gasteiger partial charge >= 0.3 is 11.9 Å². The van der Waals surface area contributed by atoms with Gasteiger partial charge in [-0.2, -0.15) is 0 Å². The molecule has 0 aromatic heterocycles. The van der Waals surface area contributed by atoms with Gasteiger partial charge in [-0.15, -0.1) is 0 Å². The molecular formula is C24H29ClO5. The summed E-state index contributed by atoms with van der Waals surface area (Å²) in [5.41, 5.74) is 0.413. The van der Waals surface area contributed by atoms with Crippen LogP contribution in [0, 0.1) is 5.41 Å². The minimum atomic E-state index is -1.19. The molecule has 1 atom stereocenters. The van der Waals surface area contributed by atoms with Gasteiger partial charge in [0.1, 0.15) is 5.75 Å². The van der Waals surface area contributed by atoms with Crippen molar-refractivity contribution in [2.75, 3.05) is 6.79 Å². The average Bonchev–Trinajstić information content (AvgIpc) is 2.70. The van der Waals surface area contributed by atoms with Gasteiger partial charge in [-0.25, -0.2) is 4.79 Å². The third-order valence-corrected chi connectivity index (χ3v) is 4.94. The van der Waals surface area contributed by atoms with Gasteiger partial charge in [-0.3, -0.25) is 4.79 Å². The number of carbonyl (C=O) groups is 2. The zero-order valence-electron chi connectivity index (χ0n) is 18.2. The van der Waals surface area contributed by atoms with Gasteiger partial charge in [-0.05, 0) is 75.9 Å². The molecule has 0 aliphatic carbocycles. The maximum Gasteiger partial charge on any atom is 0.353 e. The Morgan fingerprint density at radius 3 is 1.83 bits per heavy atom. The van der Waals surface area contributed by atoms with Crippen molar-refractivity contribution in [3.8, 4) is 5.75 Å². The molecule has 1 unspecified atom stereocenters. The Kier molecular flexibility index (Phi) is 7.90. The predicted octanol–water partition coefficient (Wildman–Crippen LogP) is 5.57. The molecule has 30 heavy (non-hydrogen) atoms. The molecule has 0 aliphatic heterocycles. The average molecular weight is 433 g/mol. The molecule has 2 aromatic carbocycles. The van der Waals surface area contributed by atoms with Crippen molar-refractivity contribution in [1.82, 2.24) is 0 Å². The molecule has 0 spiro atoms. The summed E-state index contributed by atoms with van der Waals surface area (Å²) < 4.78 is 16.1. The summed E-state index contributed by atoms with van der Waals surface area (Å²) in [4.78, 5) is 24.3. The minimum Gasteiger partial charge on any atom is -0.476 e. The van der Waals surface area contributed by atoms with Gasteiger partial charge in [0.15, 0.2) is 0 Å². The van der Waals surface area contributed by atoms with Crippen molar-refractivity contribution >= 4 is 23.5 Å². The lowest BCUT2D eigenvalue weighted by Gasteiger charge is -2.27. The van der Waals surface area contributed by atoms with Crippen molar-refractivity contribution in [2.24, 2.45) is 5.41 Å². The fourth-order valence-electron chi connectivity index (χ4n) is 2.54. The van der Waals surface area contributed by atoms with Crippen LogP contribution in [0.2, 0.25) is 5.02 Å². The zero-order chi connectivity index (χ0) is 22.4. The summed E-state index contributed by atoms with van der Waals surface area (Å²) >= 11 is 5.92. The third-order valence-electron chi connectivity index (χ3n) is 4.69. The van der Waals surface area contributed by atoms with E-state index in [4.69, 9.17) is 25.8 Å². The molecule has 0 saturated carbocycles. The third kappa shape index (κ3) is 6.77. The van der Waals surface area contributed by atoms with E-state index in [1.807, 2.05) is 55.5 Å². The number of benzene rings is 2. The topological polar surface area (TPSA) is 61.8 Å². The van der Waals surface area contributed by atoms with E-state index in [-0.39, 0.29) is 0 Å². The first-order valence-corrected chi connectivity index (χ1v) is 10.3. The lowest BCUT2D eigenvalue weighted by Crippen LogP contribution is -2.43. The Labute approximate surface area is 183 Å². The van der Waals surface area contributed by atoms with Crippen molar-refractivity contribution in [2.45, 2.75) is 53.1 Å². The number of hydrogen-bond acceptors (Lipinski definition) is 5. The molecule has 0 radical (unpaired) electrons. The predicted molar refractivity (Wildman–Crippen MR) is 117 cm³/mol. The normalized spacial score (nSPS) is 13.3. The maximum absolute atomic E-state index is 12.5. The summed E-state index contributed by atoms with van der Waals surface area (Å²) in [6, 6.07) is 15.3. The second-order valence-corrected chi connectivity index (χ2v) is 8.80. The number of carbonyl (C=O) groups excluding carboxylic acids is 2. The van der Waals surface area contributed by atoms with Crippen LogP contribution in [-0.4, -0.2) is 24.3 Å². The SMILES string of the molecule is CCC(C)(Oc1ccc(Cc2ccc(Cl)cc2)cc1)C(=O)OCOC(=O)C(C)(C)C. The largest absolute Gasteiger partial charge is 0.476 e. The van der Waals surface area contributed by atoms with Crippen molar-refractivity contribution in [3.63, 3.8) is 0 Å². The second-order valence-electron chi connectivity index (χ2n) is 8.37. The molecule has 162 valence electrons. The summed E-state index contributed by atoms with van der Waals surface area (Å²) in [6.45, 7) is 8.24. The smallest absolute Gasteiger partial charge is 0.353 e. The van der Waals surface area contributed by atoms with E-state index in [9.17, 15) is 9.59 Å². The van der Waals surface area contributed by atoms with Crippen molar-refractivity contribution < 1.29 is 23.8 Å². The summed E-state index contributed by atoms with van der Waals surface area (Å²) in [6.07, 6.45) is 1.16. The molecule has 5 nitrogen and oxygen atoms in total. The second kappa shape index (κ2) is 9.98. The first-order valence-electron chi connectivity index (χ1n) is 9.90. The number of ether oxygens (including phenoxy) is 3. The Bertz CT molecular complexity index is 853. The minimum absolute atomic E-state index is 0.394. The van der Waals surface area contributed by atoms with E-state index < -0.39 is 29.7 Å². The molecule has 0 bridgehead atoms. The van der Waals surface area contributed by atoms with Crippen molar-refractivity contribution in [1.29, 1.82) is 0 Å². The van der Waals surface area contributed by atoms with Crippen LogP contribution in [0.25, 0.3) is 0 Å². The highest BCUT2D eigenvalue weighted by atomic mass is 35.5. The first kappa shape index (κ1) is 23.7. The van der Waals surface area contributed by atoms with Crippen LogP contribution >= 0.6 is 11.6 Å². The molecular weight excluding hydrogens is 404 g/mol. The number of hydrogen-bond donors (Lipinski definition) is 0. The van der Waals surface area contributed by atoms with E-state index in [1.54, 1.807) is 27.7 Å². The summed E-state index contributed by atoms with van der Waals surface area (Å²) in [7, 11) is 0. The van der Waals surface area contributed by atoms with Gasteiger partial charge < -0.3 is 14.2 Å². The van der Waals surface area contributed by atoms with Crippen LogP contribution in [0.1, 0.15) is 52.2 Å². The van der Waals surface area contributed by atoms with Gasteiger partial charge in [-0.1, -0.05) is 42.8 Å². The Morgan fingerprint density at radius 1 is 0.833 bits per heavy atom. The van der Waals surface area contributed by atoms with Crippen LogP contribution in [0.5, 0.6) is 5.75 Å². The Hall–Kier alpha value is -2.53. The molecule has 6 heteroatoms. The van der Waals surface area contributed by atoms with Crippen molar-refractivity contribution in [3.05, 3.63) is 64.7 Å². The molecule has 2 aromatic rings. The van der Waals surface area contributed by atoms with E-state index in [2.05, 4.69) is 0 Å². The highest BCUT2D eigenvalue weighted by Crippen LogP contribution is 2.24. The number of esters is 2. The quantitative estimate of drug-likeness (QED) is 0.403. The zero-order valence-corrected chi connectivity index (χ0v) is 18.9. The van der Waals surface area contributed by atoms with Crippen LogP contribution in [0.15, 0.2) is 48.5 Å². The highest BCUT2D eigenvalue weighted by molar-refractivity contribution is 6.30. The first-order chi connectivity index (χ1) is 14.0. The van der Waals surface area contributed by atoms with Gasteiger partial charge in [0.2, 0.25) is 12.4 Å². The monoisotopic (exact) mass is 432 g/mol. The summed E-state index contributed by atoms with van der Waals surface area (Å²) in [5, 5.41) is 0.710. The molecule has 0 heterocycles. The van der Waals surface area contributed by atoms with Gasteiger partial charge in [0.05, 0.1) is 5.41 Å². The lowest BCUT2D eigenvalue weighted by molar-refractivity contribution is -0.182. The Balaban J connectivity index is 1.95. The number of rotatable bonds is 8. The van der Waals surface area contributed by atoms with E-state index in [0.29, 0.717) is 17.2 Å². The molecule has 2 rings (SSSR count). The molecule has 0 saturated heterocycles. The van der Waals surface area contributed by atoms with Crippen LogP contribution in [-0.2, 0) is 25.5 Å². The van der Waals surface area contributed by atoms with Crippen LogP contribution in [0.4, 0.5) is 0 Å². The Morgan fingerprint density at radius 2 is 1.33 bits per heavy atom. The van der Waals surface area contributed by atoms with E-state index >= 15 is 0 Å². The fraction of sp³-hybridized carbons (Fsp3) is 0.417. The molecule has 0 N–H and O–H groups in total. The molecule has 0 amide bonds.